The van der Waals surface area contributed by atoms with Crippen LogP contribution < -0.4 is 10.2 Å². The van der Waals surface area contributed by atoms with Gasteiger partial charge in [0, 0.05) is 55.8 Å². The second-order valence-corrected chi connectivity index (χ2v) is 7.68. The number of esters is 1. The number of non-ortho nitro benzene ring substituents is 1. The average Bonchev–Trinajstić information content (AvgIpc) is 2.80. The topological polar surface area (TPSA) is 117 Å². The molecule has 0 radical (unpaired) electrons. The van der Waals surface area contributed by atoms with Crippen molar-refractivity contribution in [3.8, 4) is 23.8 Å². The summed E-state index contributed by atoms with van der Waals surface area (Å²) >= 11 is 5.71. The maximum absolute atomic E-state index is 12.6. The van der Waals surface area contributed by atoms with E-state index in [-0.39, 0.29) is 5.69 Å². The van der Waals surface area contributed by atoms with E-state index in [0.29, 0.717) is 31.7 Å². The summed E-state index contributed by atoms with van der Waals surface area (Å²) in [4.78, 5) is 40.8. The second kappa shape index (κ2) is 11.2. The third-order valence-electron chi connectivity index (χ3n) is 4.80. The normalized spacial score (nSPS) is 14.2. The fourth-order valence-corrected chi connectivity index (χ4v) is 2.93. The highest BCUT2D eigenvalue weighted by Crippen LogP contribution is 2.13. The fourth-order valence-electron chi connectivity index (χ4n) is 2.82. The minimum absolute atomic E-state index is 0.00364. The molecule has 11 heteroatoms. The molecule has 1 aliphatic rings. The van der Waals surface area contributed by atoms with Crippen molar-refractivity contribution in [3.05, 3.63) is 39.9 Å². The number of nitro groups is 1. The van der Waals surface area contributed by atoms with Gasteiger partial charge < -0.3 is 19.9 Å². The number of piperazine rings is 1. The van der Waals surface area contributed by atoms with Gasteiger partial charge >= 0.3 is 12.0 Å². The highest BCUT2D eigenvalue weighted by Gasteiger charge is 2.38. The highest BCUT2D eigenvalue weighted by molar-refractivity contribution is 6.14. The van der Waals surface area contributed by atoms with Gasteiger partial charge in [0.2, 0.25) is 0 Å². The molecular weight excluding hydrogens is 438 g/mol. The Kier molecular flexibility index (Phi) is 8.71. The summed E-state index contributed by atoms with van der Waals surface area (Å²) in [5.74, 6) is 7.68. The van der Waals surface area contributed by atoms with Crippen molar-refractivity contribution in [2.45, 2.75) is 25.4 Å². The van der Waals surface area contributed by atoms with Gasteiger partial charge in [0.05, 0.1) is 17.6 Å². The Hall–Kier alpha value is -3.47. The number of nitrogens with zero attached hydrogens (tertiary/aromatic N) is 3. The van der Waals surface area contributed by atoms with Gasteiger partial charge in [0.25, 0.3) is 5.69 Å². The molecule has 1 aromatic rings. The first-order valence-corrected chi connectivity index (χ1v) is 10.1. The van der Waals surface area contributed by atoms with Crippen LogP contribution in [0.25, 0.3) is 0 Å². The number of ether oxygens (including phenoxy) is 1. The molecule has 10 nitrogen and oxygen atoms in total. The standard InChI is InChI=1S/C21H24ClN5O5/c1-21(2,24-22)18(19(28)32-3)23-20(29)26-14-12-25(13-15-26)11-5-4-6-16-7-9-17(10-8-16)27(30)31/h7-10,18,24H,12-15H2,1-3H3,(H,23,29)/t18-/m1/s1. The minimum Gasteiger partial charge on any atom is -0.467 e. The Morgan fingerprint density at radius 1 is 1.19 bits per heavy atom. The number of hydrogen-bond donors (Lipinski definition) is 2. The molecule has 1 aromatic carbocycles. The summed E-state index contributed by atoms with van der Waals surface area (Å²) in [5.41, 5.74) is -0.287. The van der Waals surface area contributed by atoms with Crippen LogP contribution in [0.15, 0.2) is 24.3 Å². The molecule has 0 aromatic heterocycles. The number of hydrogen-bond acceptors (Lipinski definition) is 7. The maximum Gasteiger partial charge on any atom is 0.330 e. The SMILES string of the molecule is COC(=O)[C@@H](NC(=O)N1CCN(C#CC#Cc2ccc([N+](=O)[O-])cc2)CC1)C(C)(C)NCl. The molecule has 1 heterocycles. The number of urea groups is 1. The first kappa shape index (κ1) is 24.8. The van der Waals surface area contributed by atoms with Crippen LogP contribution in [0.2, 0.25) is 0 Å². The average molecular weight is 462 g/mol. The first-order valence-electron chi connectivity index (χ1n) is 9.70. The van der Waals surface area contributed by atoms with Crippen LogP contribution in [0.4, 0.5) is 10.5 Å². The van der Waals surface area contributed by atoms with Crippen molar-refractivity contribution in [1.29, 1.82) is 0 Å². The summed E-state index contributed by atoms with van der Waals surface area (Å²) in [6, 6.07) is 7.46. The molecule has 32 heavy (non-hydrogen) atoms. The van der Waals surface area contributed by atoms with Gasteiger partial charge in [-0.25, -0.2) is 14.4 Å². The lowest BCUT2D eigenvalue weighted by atomic mass is 9.96. The molecule has 0 aliphatic carbocycles. The second-order valence-electron chi connectivity index (χ2n) is 7.49. The number of rotatable bonds is 5. The van der Waals surface area contributed by atoms with Gasteiger partial charge in [-0.1, -0.05) is 5.92 Å². The lowest BCUT2D eigenvalue weighted by molar-refractivity contribution is -0.384. The number of halogens is 1. The maximum atomic E-state index is 12.6. The van der Waals surface area contributed by atoms with Gasteiger partial charge in [0.1, 0.15) is 6.04 Å². The van der Waals surface area contributed by atoms with E-state index in [1.54, 1.807) is 30.9 Å². The van der Waals surface area contributed by atoms with Gasteiger partial charge in [-0.15, -0.1) is 0 Å². The van der Waals surface area contributed by atoms with E-state index >= 15 is 0 Å². The summed E-state index contributed by atoms with van der Waals surface area (Å²) in [7, 11) is 1.24. The number of amides is 2. The fraction of sp³-hybridized carbons (Fsp3) is 0.429. The predicted molar refractivity (Wildman–Crippen MR) is 118 cm³/mol. The van der Waals surface area contributed by atoms with Crippen LogP contribution in [0.5, 0.6) is 0 Å². The molecule has 2 rings (SSSR count). The molecule has 1 saturated heterocycles. The van der Waals surface area contributed by atoms with E-state index in [2.05, 4.69) is 34.0 Å². The van der Waals surface area contributed by atoms with Crippen molar-refractivity contribution in [2.75, 3.05) is 33.3 Å². The quantitative estimate of drug-likeness (QED) is 0.223. The number of carbonyl (C=O) groups excluding carboxylic acids is 2. The largest absolute Gasteiger partial charge is 0.467 e. The molecular formula is C21H24ClN5O5. The Bertz CT molecular complexity index is 966. The zero-order valence-electron chi connectivity index (χ0n) is 18.0. The predicted octanol–water partition coefficient (Wildman–Crippen LogP) is 1.30. The molecule has 1 atom stereocenters. The zero-order chi connectivity index (χ0) is 23.7. The molecule has 170 valence electrons. The van der Waals surface area contributed by atoms with E-state index in [1.165, 1.54) is 19.2 Å². The van der Waals surface area contributed by atoms with E-state index in [1.807, 2.05) is 4.90 Å². The van der Waals surface area contributed by atoms with Crippen molar-refractivity contribution in [3.63, 3.8) is 0 Å². The summed E-state index contributed by atoms with van der Waals surface area (Å²) in [6.07, 6.45) is 0. The lowest BCUT2D eigenvalue weighted by Crippen LogP contribution is -2.62. The van der Waals surface area contributed by atoms with Gasteiger partial charge in [-0.2, -0.15) is 0 Å². The number of nitrogens with one attached hydrogen (secondary N) is 2. The molecule has 0 unspecified atom stereocenters. The monoisotopic (exact) mass is 461 g/mol. The van der Waals surface area contributed by atoms with Crippen LogP contribution in [-0.4, -0.2) is 71.6 Å². The lowest BCUT2D eigenvalue weighted by Gasteiger charge is -2.36. The third kappa shape index (κ3) is 6.77. The van der Waals surface area contributed by atoms with E-state index in [4.69, 9.17) is 16.5 Å². The summed E-state index contributed by atoms with van der Waals surface area (Å²) in [5, 5.41) is 13.3. The van der Waals surface area contributed by atoms with Crippen LogP contribution in [0, 0.1) is 33.9 Å². The zero-order valence-corrected chi connectivity index (χ0v) is 18.7. The number of carbonyl (C=O) groups is 2. The summed E-state index contributed by atoms with van der Waals surface area (Å²) < 4.78 is 4.77. The molecule has 1 fully saturated rings. The van der Waals surface area contributed by atoms with Crippen molar-refractivity contribution >= 4 is 29.5 Å². The Balaban J connectivity index is 1.89. The Morgan fingerprint density at radius 3 is 2.34 bits per heavy atom. The highest BCUT2D eigenvalue weighted by atomic mass is 35.5. The smallest absolute Gasteiger partial charge is 0.330 e. The van der Waals surface area contributed by atoms with Crippen LogP contribution >= 0.6 is 11.8 Å². The molecule has 0 saturated carbocycles. The first-order chi connectivity index (χ1) is 15.2. The van der Waals surface area contributed by atoms with Gasteiger partial charge in [-0.05, 0) is 43.7 Å². The van der Waals surface area contributed by atoms with Crippen LogP contribution in [-0.2, 0) is 9.53 Å². The minimum atomic E-state index is -0.968. The van der Waals surface area contributed by atoms with Crippen LogP contribution in [0.3, 0.4) is 0 Å². The van der Waals surface area contributed by atoms with Crippen molar-refractivity contribution < 1.29 is 19.2 Å². The number of nitro benzene ring substituents is 1. The molecule has 2 amide bonds. The number of methoxy groups -OCH3 is 1. The Morgan fingerprint density at radius 2 is 1.81 bits per heavy atom. The molecule has 1 aliphatic heterocycles. The van der Waals surface area contributed by atoms with Crippen molar-refractivity contribution in [1.82, 2.24) is 20.0 Å². The Labute approximate surface area is 191 Å². The van der Waals surface area contributed by atoms with E-state index in [9.17, 15) is 19.7 Å². The molecule has 0 spiro atoms. The van der Waals surface area contributed by atoms with Gasteiger partial charge in [0.15, 0.2) is 0 Å². The van der Waals surface area contributed by atoms with Gasteiger partial charge in [-0.3, -0.25) is 10.1 Å². The van der Waals surface area contributed by atoms with Crippen LogP contribution in [0.1, 0.15) is 19.4 Å². The third-order valence-corrected chi connectivity index (χ3v) is 5.29. The van der Waals surface area contributed by atoms with Crippen molar-refractivity contribution in [2.24, 2.45) is 0 Å². The van der Waals surface area contributed by atoms with E-state index < -0.39 is 28.5 Å². The molecule has 2 N–H and O–H groups in total. The summed E-state index contributed by atoms with van der Waals surface area (Å²) in [6.45, 7) is 5.21. The molecule has 0 bridgehead atoms. The number of benzene rings is 1. The van der Waals surface area contributed by atoms with E-state index in [0.717, 1.165) is 0 Å².